The van der Waals surface area contributed by atoms with E-state index in [1.54, 1.807) is 6.21 Å². The monoisotopic (exact) mass is 445 g/mol. The summed E-state index contributed by atoms with van der Waals surface area (Å²) in [7, 11) is 0. The van der Waals surface area contributed by atoms with Crippen molar-refractivity contribution in [1.29, 1.82) is 0 Å². The summed E-state index contributed by atoms with van der Waals surface area (Å²) in [6.07, 6.45) is 1.78. The molecule has 3 aromatic rings. The molecule has 1 saturated heterocycles. The Morgan fingerprint density at radius 1 is 1.06 bits per heavy atom. The summed E-state index contributed by atoms with van der Waals surface area (Å²) in [4.78, 5) is 11.4. The number of anilines is 2. The second-order valence-electron chi connectivity index (χ2n) is 8.82. The van der Waals surface area contributed by atoms with E-state index in [1.807, 2.05) is 36.4 Å². The van der Waals surface area contributed by atoms with Gasteiger partial charge in [0, 0.05) is 24.6 Å². The number of ether oxygens (including phenoxy) is 2. The Morgan fingerprint density at radius 3 is 2.61 bits per heavy atom. The smallest absolute Gasteiger partial charge is 0.320 e. The number of rotatable bonds is 8. The second-order valence-corrected chi connectivity index (χ2v) is 8.82. The number of nitrogens with one attached hydrogen (secondary N) is 1. The van der Waals surface area contributed by atoms with Crippen LogP contribution in [0, 0.1) is 6.92 Å². The van der Waals surface area contributed by atoms with Crippen molar-refractivity contribution in [2.45, 2.75) is 26.2 Å². The Hall–Kier alpha value is -3.45. The second kappa shape index (κ2) is 10.4. The minimum Gasteiger partial charge on any atom is -0.462 e. The molecule has 1 aliphatic rings. The van der Waals surface area contributed by atoms with E-state index in [1.165, 1.54) is 11.1 Å². The van der Waals surface area contributed by atoms with Gasteiger partial charge >= 0.3 is 6.01 Å². The lowest BCUT2D eigenvalue weighted by atomic mass is 9.86. The molecule has 1 aliphatic heterocycles. The lowest BCUT2D eigenvalue weighted by Crippen LogP contribution is -2.37. The van der Waals surface area contributed by atoms with Gasteiger partial charge < -0.3 is 14.4 Å². The molecule has 0 spiro atoms. The number of aryl methyl sites for hydroxylation is 1. The predicted octanol–water partition coefficient (Wildman–Crippen LogP) is 4.42. The maximum atomic E-state index is 6.11. The van der Waals surface area contributed by atoms with Crippen LogP contribution >= 0.6 is 0 Å². The third-order valence-electron chi connectivity index (χ3n) is 5.58. The average molecular weight is 446 g/mol. The number of benzene rings is 2. The van der Waals surface area contributed by atoms with Crippen molar-refractivity contribution in [3.05, 3.63) is 77.4 Å². The van der Waals surface area contributed by atoms with Gasteiger partial charge in [-0.15, -0.1) is 0 Å². The van der Waals surface area contributed by atoms with Gasteiger partial charge in [0.25, 0.3) is 0 Å². The van der Waals surface area contributed by atoms with Crippen LogP contribution in [0.25, 0.3) is 0 Å². The topological polar surface area (TPSA) is 71.9 Å². The molecular weight excluding hydrogens is 414 g/mol. The number of hydrogen-bond donors (Lipinski definition) is 1. The highest BCUT2D eigenvalue weighted by Crippen LogP contribution is 2.25. The van der Waals surface area contributed by atoms with Crippen LogP contribution in [-0.2, 0) is 10.2 Å². The van der Waals surface area contributed by atoms with Gasteiger partial charge in [-0.05, 0) is 18.1 Å². The average Bonchev–Trinajstić information content (AvgIpc) is 2.84. The van der Waals surface area contributed by atoms with Gasteiger partial charge in [0.1, 0.15) is 12.4 Å². The van der Waals surface area contributed by atoms with Crippen LogP contribution in [0.2, 0.25) is 0 Å². The van der Waals surface area contributed by atoms with E-state index in [0.717, 1.165) is 24.5 Å². The lowest BCUT2D eigenvalue weighted by molar-refractivity contribution is 0.122. The van der Waals surface area contributed by atoms with Crippen LogP contribution in [0.5, 0.6) is 6.01 Å². The molecule has 4 rings (SSSR count). The minimum atomic E-state index is -0.184. The first kappa shape index (κ1) is 22.7. The minimum absolute atomic E-state index is 0.184. The van der Waals surface area contributed by atoms with Gasteiger partial charge in [-0.3, -0.25) is 5.43 Å². The zero-order valence-corrected chi connectivity index (χ0v) is 19.5. The van der Waals surface area contributed by atoms with Gasteiger partial charge in [-0.1, -0.05) is 74.0 Å². The molecule has 0 amide bonds. The van der Waals surface area contributed by atoms with Crippen LogP contribution in [-0.4, -0.2) is 49.1 Å². The van der Waals surface area contributed by atoms with Crippen molar-refractivity contribution in [2.24, 2.45) is 5.10 Å². The zero-order chi connectivity index (χ0) is 23.1. The predicted molar refractivity (Wildman–Crippen MR) is 132 cm³/mol. The van der Waals surface area contributed by atoms with E-state index in [9.17, 15) is 0 Å². The standard InChI is InChI=1S/C26H31N5O2/c1-20-8-7-9-21(16-20)18-27-30-23-17-24(31-12-14-32-15-13-31)29-25(28-23)33-19-26(2,3)22-10-5-4-6-11-22/h4-11,16-18H,12-15,19H2,1-3H3,(H,28,29,30)/b27-18+. The fraction of sp³-hybridized carbons (Fsp3) is 0.346. The molecule has 7 nitrogen and oxygen atoms in total. The molecular formula is C26H31N5O2. The van der Waals surface area contributed by atoms with Crippen LogP contribution in [0.1, 0.15) is 30.5 Å². The molecule has 33 heavy (non-hydrogen) atoms. The van der Waals surface area contributed by atoms with Crippen molar-refractivity contribution in [1.82, 2.24) is 9.97 Å². The molecule has 0 unspecified atom stereocenters. The van der Waals surface area contributed by atoms with Crippen molar-refractivity contribution in [3.8, 4) is 6.01 Å². The van der Waals surface area contributed by atoms with Gasteiger partial charge in [-0.25, -0.2) is 0 Å². The summed E-state index contributed by atoms with van der Waals surface area (Å²) in [5.41, 5.74) is 6.27. The Bertz CT molecular complexity index is 1080. The molecule has 0 radical (unpaired) electrons. The highest BCUT2D eigenvalue weighted by atomic mass is 16.5. The number of aromatic nitrogens is 2. The number of hydrogen-bond acceptors (Lipinski definition) is 7. The van der Waals surface area contributed by atoms with Gasteiger partial charge in [0.2, 0.25) is 0 Å². The molecule has 0 atom stereocenters. The fourth-order valence-corrected chi connectivity index (χ4v) is 3.63. The van der Waals surface area contributed by atoms with Crippen LogP contribution < -0.4 is 15.1 Å². The zero-order valence-electron chi connectivity index (χ0n) is 19.5. The first-order valence-corrected chi connectivity index (χ1v) is 11.3. The maximum Gasteiger partial charge on any atom is 0.320 e. The van der Waals surface area contributed by atoms with Crippen LogP contribution in [0.3, 0.4) is 0 Å². The Balaban J connectivity index is 1.52. The third kappa shape index (κ3) is 6.29. The third-order valence-corrected chi connectivity index (χ3v) is 5.58. The van der Waals surface area contributed by atoms with E-state index < -0.39 is 0 Å². The SMILES string of the molecule is Cc1cccc(/C=N/Nc2cc(N3CCOCC3)nc(OCC(C)(C)c3ccccc3)n2)c1. The Kier molecular flexibility index (Phi) is 7.19. The van der Waals surface area contributed by atoms with E-state index >= 15 is 0 Å². The lowest BCUT2D eigenvalue weighted by Gasteiger charge is -2.28. The normalized spacial score (nSPS) is 14.5. The maximum absolute atomic E-state index is 6.11. The highest BCUT2D eigenvalue weighted by molar-refractivity contribution is 5.80. The molecule has 0 bridgehead atoms. The van der Waals surface area contributed by atoms with Crippen molar-refractivity contribution in [2.75, 3.05) is 43.2 Å². The van der Waals surface area contributed by atoms with Gasteiger partial charge in [0.05, 0.1) is 19.4 Å². The molecule has 1 aromatic heterocycles. The first-order valence-electron chi connectivity index (χ1n) is 11.3. The summed E-state index contributed by atoms with van der Waals surface area (Å²) >= 11 is 0. The molecule has 2 aromatic carbocycles. The highest BCUT2D eigenvalue weighted by Gasteiger charge is 2.23. The van der Waals surface area contributed by atoms with Gasteiger partial charge in [0.15, 0.2) is 5.82 Å². The largest absolute Gasteiger partial charge is 0.462 e. The number of morpholine rings is 1. The van der Waals surface area contributed by atoms with Crippen LogP contribution in [0.15, 0.2) is 65.8 Å². The fourth-order valence-electron chi connectivity index (χ4n) is 3.63. The van der Waals surface area contributed by atoms with Crippen LogP contribution in [0.4, 0.5) is 11.6 Å². The molecule has 7 heteroatoms. The molecule has 172 valence electrons. The van der Waals surface area contributed by atoms with Crippen molar-refractivity contribution < 1.29 is 9.47 Å². The summed E-state index contributed by atoms with van der Waals surface area (Å²) in [6.45, 7) is 9.72. The quantitative estimate of drug-likeness (QED) is 0.409. The van der Waals surface area contributed by atoms with Crippen molar-refractivity contribution in [3.63, 3.8) is 0 Å². The molecule has 2 heterocycles. The summed E-state index contributed by atoms with van der Waals surface area (Å²) in [6, 6.07) is 20.7. The summed E-state index contributed by atoms with van der Waals surface area (Å²) in [5.74, 6) is 1.39. The van der Waals surface area contributed by atoms with E-state index in [4.69, 9.17) is 9.47 Å². The van der Waals surface area contributed by atoms with E-state index in [0.29, 0.717) is 31.6 Å². The van der Waals surface area contributed by atoms with Gasteiger partial charge in [-0.2, -0.15) is 15.1 Å². The molecule has 1 N–H and O–H groups in total. The molecule has 0 aliphatic carbocycles. The molecule has 1 fully saturated rings. The Labute approximate surface area is 195 Å². The summed E-state index contributed by atoms with van der Waals surface area (Å²) in [5, 5.41) is 4.37. The number of hydrazone groups is 1. The number of nitrogens with zero attached hydrogens (tertiary/aromatic N) is 4. The van der Waals surface area contributed by atoms with E-state index in [-0.39, 0.29) is 5.41 Å². The van der Waals surface area contributed by atoms with Crippen molar-refractivity contribution >= 4 is 17.9 Å². The summed E-state index contributed by atoms with van der Waals surface area (Å²) < 4.78 is 11.6. The molecule has 0 saturated carbocycles. The Morgan fingerprint density at radius 2 is 1.85 bits per heavy atom. The van der Waals surface area contributed by atoms with E-state index in [2.05, 4.69) is 70.4 Å². The first-order chi connectivity index (χ1) is 16.0.